The minimum Gasteiger partial charge on any atom is -0.339 e. The van der Waals surface area contributed by atoms with E-state index in [9.17, 15) is 9.59 Å². The number of hydrogen-bond donors (Lipinski definition) is 2. The van der Waals surface area contributed by atoms with Crippen molar-refractivity contribution in [1.82, 2.24) is 20.0 Å². The first kappa shape index (κ1) is 22.3. The predicted molar refractivity (Wildman–Crippen MR) is 137 cm³/mol. The van der Waals surface area contributed by atoms with Gasteiger partial charge in [0, 0.05) is 36.0 Å². The lowest BCUT2D eigenvalue weighted by Crippen LogP contribution is -2.46. The van der Waals surface area contributed by atoms with Crippen LogP contribution in [0.25, 0.3) is 22.0 Å². The van der Waals surface area contributed by atoms with E-state index < -0.39 is 0 Å². The summed E-state index contributed by atoms with van der Waals surface area (Å²) < 4.78 is 0. The van der Waals surface area contributed by atoms with Crippen LogP contribution in [0.2, 0.25) is 0 Å². The number of aromatic nitrogens is 2. The number of benzene rings is 2. The fourth-order valence-electron chi connectivity index (χ4n) is 5.60. The minimum absolute atomic E-state index is 0.0497. The smallest absolute Gasteiger partial charge is 0.254 e. The molecule has 3 aliphatic rings. The molecule has 0 unspecified atom stereocenters. The van der Waals surface area contributed by atoms with E-state index in [1.807, 2.05) is 42.2 Å². The number of aryl methyl sites for hydroxylation is 1. The van der Waals surface area contributed by atoms with Crippen LogP contribution in [0.3, 0.4) is 0 Å². The Labute approximate surface area is 205 Å². The molecule has 2 aliphatic heterocycles. The van der Waals surface area contributed by atoms with Crippen molar-refractivity contribution in [2.75, 3.05) is 31.5 Å². The van der Waals surface area contributed by atoms with E-state index >= 15 is 0 Å². The van der Waals surface area contributed by atoms with Gasteiger partial charge in [0.2, 0.25) is 5.91 Å². The van der Waals surface area contributed by atoms with Gasteiger partial charge in [-0.05, 0) is 93.4 Å². The molecule has 2 amide bonds. The summed E-state index contributed by atoms with van der Waals surface area (Å²) in [6.07, 6.45) is 6.69. The van der Waals surface area contributed by atoms with Crippen LogP contribution >= 0.6 is 0 Å². The van der Waals surface area contributed by atoms with E-state index in [2.05, 4.69) is 26.5 Å². The largest absolute Gasteiger partial charge is 0.339 e. The highest BCUT2D eigenvalue weighted by atomic mass is 16.2. The van der Waals surface area contributed by atoms with E-state index in [-0.39, 0.29) is 17.7 Å². The van der Waals surface area contributed by atoms with Gasteiger partial charge in [0.25, 0.3) is 5.91 Å². The van der Waals surface area contributed by atoms with Gasteiger partial charge in [-0.2, -0.15) is 5.10 Å². The summed E-state index contributed by atoms with van der Waals surface area (Å²) in [5.74, 6) is 0.904. The molecule has 1 aromatic heterocycles. The Hall–Kier alpha value is -3.19. The van der Waals surface area contributed by atoms with Crippen LogP contribution in [-0.2, 0) is 4.79 Å². The highest BCUT2D eigenvalue weighted by Crippen LogP contribution is 2.32. The fraction of sp³-hybridized carbons (Fsp3) is 0.464. The van der Waals surface area contributed by atoms with Gasteiger partial charge in [0.15, 0.2) is 5.82 Å². The minimum atomic E-state index is 0.0497. The van der Waals surface area contributed by atoms with Gasteiger partial charge < -0.3 is 15.1 Å². The van der Waals surface area contributed by atoms with Crippen LogP contribution in [0.1, 0.15) is 54.4 Å². The zero-order valence-electron chi connectivity index (χ0n) is 20.3. The molecule has 182 valence electrons. The first-order valence-electron chi connectivity index (χ1n) is 13.0. The lowest BCUT2D eigenvalue weighted by Gasteiger charge is -2.37. The molecule has 7 nitrogen and oxygen atoms in total. The molecular formula is C28H33N5O2. The third-order valence-electron chi connectivity index (χ3n) is 7.96. The molecule has 0 radical (unpaired) electrons. The molecule has 0 bridgehead atoms. The number of amides is 2. The summed E-state index contributed by atoms with van der Waals surface area (Å²) in [5.41, 5.74) is 4.68. The number of rotatable bonds is 5. The zero-order chi connectivity index (χ0) is 23.9. The number of likely N-dealkylation sites (tertiary alicyclic amines) is 2. The molecule has 35 heavy (non-hydrogen) atoms. The molecular weight excluding hydrogens is 438 g/mol. The molecule has 3 aromatic rings. The summed E-state index contributed by atoms with van der Waals surface area (Å²) in [7, 11) is 0. The number of piperidine rings is 1. The van der Waals surface area contributed by atoms with Gasteiger partial charge in [0.05, 0.1) is 5.52 Å². The van der Waals surface area contributed by atoms with E-state index in [1.54, 1.807) is 0 Å². The third kappa shape index (κ3) is 4.45. The Morgan fingerprint density at radius 1 is 0.943 bits per heavy atom. The van der Waals surface area contributed by atoms with Crippen LogP contribution in [-0.4, -0.2) is 64.0 Å². The molecule has 3 fully saturated rings. The van der Waals surface area contributed by atoms with E-state index in [0.717, 1.165) is 71.9 Å². The van der Waals surface area contributed by atoms with E-state index in [0.29, 0.717) is 11.9 Å². The molecule has 1 aliphatic carbocycles. The number of fused-ring (bicyclic) bond motifs is 1. The summed E-state index contributed by atoms with van der Waals surface area (Å²) in [4.78, 5) is 30.3. The van der Waals surface area contributed by atoms with Crippen LogP contribution in [0.15, 0.2) is 36.4 Å². The second-order valence-corrected chi connectivity index (χ2v) is 10.4. The number of nitrogens with one attached hydrogen (secondary N) is 2. The van der Waals surface area contributed by atoms with Crippen molar-refractivity contribution >= 4 is 28.5 Å². The Bertz CT molecular complexity index is 1260. The zero-order valence-corrected chi connectivity index (χ0v) is 20.3. The molecule has 0 spiro atoms. The number of aromatic amines is 1. The van der Waals surface area contributed by atoms with Crippen LogP contribution in [0.5, 0.6) is 0 Å². The van der Waals surface area contributed by atoms with Gasteiger partial charge in [-0.3, -0.25) is 14.7 Å². The maximum absolute atomic E-state index is 13.5. The first-order valence-corrected chi connectivity index (χ1v) is 13.0. The topological polar surface area (TPSA) is 81.3 Å². The molecule has 0 atom stereocenters. The van der Waals surface area contributed by atoms with Gasteiger partial charge in [-0.15, -0.1) is 0 Å². The summed E-state index contributed by atoms with van der Waals surface area (Å²) >= 11 is 0. The van der Waals surface area contributed by atoms with Gasteiger partial charge in [-0.1, -0.05) is 18.2 Å². The average Bonchev–Trinajstić information content (AvgIpc) is 3.45. The van der Waals surface area contributed by atoms with Crippen molar-refractivity contribution in [3.05, 3.63) is 47.5 Å². The molecule has 6 rings (SSSR count). The van der Waals surface area contributed by atoms with E-state index in [4.69, 9.17) is 0 Å². The van der Waals surface area contributed by atoms with Gasteiger partial charge in [0.1, 0.15) is 0 Å². The van der Waals surface area contributed by atoms with E-state index in [1.165, 1.54) is 25.9 Å². The van der Waals surface area contributed by atoms with Gasteiger partial charge in [-0.25, -0.2) is 0 Å². The molecule has 2 N–H and O–H groups in total. The fourth-order valence-corrected chi connectivity index (χ4v) is 5.60. The Morgan fingerprint density at radius 3 is 2.40 bits per heavy atom. The second-order valence-electron chi connectivity index (χ2n) is 10.4. The van der Waals surface area contributed by atoms with Crippen LogP contribution < -0.4 is 5.32 Å². The standard InChI is InChI=1S/C28H33N5O2/c1-18-4-5-20(16-24(18)28(35)33-14-10-22(11-15-33)32-12-2-3-13-32)21-8-9-23-25(17-21)30-31-26(23)29-27(34)19-6-7-19/h4-5,8-9,16-17,19,22H,2-3,6-7,10-15H2,1H3,(H2,29,30,31,34). The van der Waals surface area contributed by atoms with Crippen molar-refractivity contribution < 1.29 is 9.59 Å². The van der Waals surface area contributed by atoms with Crippen LogP contribution in [0, 0.1) is 12.8 Å². The maximum Gasteiger partial charge on any atom is 0.254 e. The van der Waals surface area contributed by atoms with Crippen molar-refractivity contribution in [3.63, 3.8) is 0 Å². The number of H-pyrrole nitrogens is 1. The monoisotopic (exact) mass is 471 g/mol. The predicted octanol–water partition coefficient (Wildman–Crippen LogP) is 4.59. The number of carbonyl (C=O) groups is 2. The summed E-state index contributed by atoms with van der Waals surface area (Å²) in [6, 6.07) is 12.8. The van der Waals surface area contributed by atoms with Crippen molar-refractivity contribution in [2.24, 2.45) is 5.92 Å². The molecule has 2 saturated heterocycles. The highest BCUT2D eigenvalue weighted by Gasteiger charge is 2.31. The third-order valence-corrected chi connectivity index (χ3v) is 7.96. The normalized spacial score (nSPS) is 19.4. The van der Waals surface area contributed by atoms with Crippen LogP contribution in [0.4, 0.5) is 5.82 Å². The first-order chi connectivity index (χ1) is 17.1. The molecule has 2 aromatic carbocycles. The molecule has 7 heteroatoms. The molecule has 3 heterocycles. The summed E-state index contributed by atoms with van der Waals surface area (Å²) in [5, 5.41) is 11.2. The second kappa shape index (κ2) is 9.11. The van der Waals surface area contributed by atoms with Crippen molar-refractivity contribution in [1.29, 1.82) is 0 Å². The number of nitrogens with zero attached hydrogens (tertiary/aromatic N) is 3. The Morgan fingerprint density at radius 2 is 1.66 bits per heavy atom. The quantitative estimate of drug-likeness (QED) is 0.570. The maximum atomic E-state index is 13.5. The van der Waals surface area contributed by atoms with Crippen molar-refractivity contribution in [3.8, 4) is 11.1 Å². The SMILES string of the molecule is Cc1ccc(-c2ccc3c(NC(=O)C4CC4)n[nH]c3c2)cc1C(=O)N1CCC(N2CCCC2)CC1. The summed E-state index contributed by atoms with van der Waals surface area (Å²) in [6.45, 7) is 6.11. The Kier molecular flexibility index (Phi) is 5.80. The lowest BCUT2D eigenvalue weighted by atomic mass is 9.97. The average molecular weight is 472 g/mol. The Balaban J connectivity index is 1.19. The highest BCUT2D eigenvalue weighted by molar-refractivity contribution is 6.02. The number of anilines is 1. The van der Waals surface area contributed by atoms with Gasteiger partial charge >= 0.3 is 0 Å². The number of carbonyl (C=O) groups excluding carboxylic acids is 2. The van der Waals surface area contributed by atoms with Crippen molar-refractivity contribution in [2.45, 2.75) is 51.5 Å². The number of hydrogen-bond acceptors (Lipinski definition) is 4. The molecule has 1 saturated carbocycles. The lowest BCUT2D eigenvalue weighted by molar-refractivity contribution is -0.117.